The Morgan fingerprint density at radius 2 is 1.94 bits per heavy atom. The van der Waals surface area contributed by atoms with Gasteiger partial charge >= 0.3 is 0 Å². The predicted molar refractivity (Wildman–Crippen MR) is 78.9 cm³/mol. The van der Waals surface area contributed by atoms with Crippen molar-refractivity contribution in [3.8, 4) is 0 Å². The van der Waals surface area contributed by atoms with Crippen molar-refractivity contribution >= 4 is 0 Å². The first-order valence-corrected chi connectivity index (χ1v) is 7.19. The van der Waals surface area contributed by atoms with E-state index in [0.29, 0.717) is 5.41 Å². The summed E-state index contributed by atoms with van der Waals surface area (Å²) in [4.78, 5) is 0. The molecule has 0 aromatic heterocycles. The second kappa shape index (κ2) is 5.05. The molecule has 1 nitrogen and oxygen atoms in total. The molecule has 1 fully saturated rings. The summed E-state index contributed by atoms with van der Waals surface area (Å²) in [5, 5.41) is 3.70. The van der Waals surface area contributed by atoms with Crippen LogP contribution in [0.1, 0.15) is 51.2 Å². The lowest BCUT2D eigenvalue weighted by atomic mass is 9.65. The van der Waals surface area contributed by atoms with E-state index in [2.05, 4.69) is 57.3 Å². The molecular weight excluding hydrogens is 218 g/mol. The largest absolute Gasteiger partial charge is 0.312 e. The summed E-state index contributed by atoms with van der Waals surface area (Å²) in [7, 11) is 0. The van der Waals surface area contributed by atoms with Gasteiger partial charge in [-0.25, -0.2) is 0 Å². The SMILES string of the molecule is Cc1cccc(CC2(CNC(C)(C)C)CCC2)c1. The van der Waals surface area contributed by atoms with Gasteiger partial charge in [-0.3, -0.25) is 0 Å². The van der Waals surface area contributed by atoms with Crippen molar-refractivity contribution < 1.29 is 0 Å². The van der Waals surface area contributed by atoms with Crippen LogP contribution in [0.25, 0.3) is 0 Å². The fourth-order valence-electron chi connectivity index (χ4n) is 2.80. The normalized spacial score (nSPS) is 18.4. The molecule has 0 aliphatic heterocycles. The van der Waals surface area contributed by atoms with Crippen LogP contribution in [0.4, 0.5) is 0 Å². The van der Waals surface area contributed by atoms with Crippen LogP contribution in [0, 0.1) is 12.3 Å². The zero-order chi connectivity index (χ0) is 13.2. The molecule has 0 atom stereocenters. The Bertz CT molecular complexity index is 396. The van der Waals surface area contributed by atoms with Crippen LogP contribution < -0.4 is 5.32 Å². The van der Waals surface area contributed by atoms with Gasteiger partial charge in [0.25, 0.3) is 0 Å². The third-order valence-corrected chi connectivity index (χ3v) is 4.07. The van der Waals surface area contributed by atoms with E-state index in [1.165, 1.54) is 36.8 Å². The Balaban J connectivity index is 2.00. The fourth-order valence-corrected chi connectivity index (χ4v) is 2.80. The molecule has 1 aromatic carbocycles. The van der Waals surface area contributed by atoms with Crippen molar-refractivity contribution in [2.75, 3.05) is 6.54 Å². The monoisotopic (exact) mass is 245 g/mol. The van der Waals surface area contributed by atoms with Crippen molar-refractivity contribution in [3.05, 3.63) is 35.4 Å². The molecule has 2 rings (SSSR count). The van der Waals surface area contributed by atoms with Crippen LogP contribution in [0.2, 0.25) is 0 Å². The molecule has 18 heavy (non-hydrogen) atoms. The van der Waals surface area contributed by atoms with Gasteiger partial charge in [-0.1, -0.05) is 36.2 Å². The number of aryl methyl sites for hydroxylation is 1. The lowest BCUT2D eigenvalue weighted by molar-refractivity contribution is 0.118. The average molecular weight is 245 g/mol. The molecule has 0 amide bonds. The Morgan fingerprint density at radius 3 is 2.44 bits per heavy atom. The van der Waals surface area contributed by atoms with E-state index >= 15 is 0 Å². The van der Waals surface area contributed by atoms with E-state index in [9.17, 15) is 0 Å². The van der Waals surface area contributed by atoms with Gasteiger partial charge < -0.3 is 5.32 Å². The summed E-state index contributed by atoms with van der Waals surface area (Å²) < 4.78 is 0. The Kier molecular flexibility index (Phi) is 3.82. The smallest absolute Gasteiger partial charge is 0.00967 e. The first-order valence-electron chi connectivity index (χ1n) is 7.19. The third-order valence-electron chi connectivity index (χ3n) is 4.07. The van der Waals surface area contributed by atoms with E-state index < -0.39 is 0 Å². The minimum Gasteiger partial charge on any atom is -0.312 e. The van der Waals surface area contributed by atoms with Gasteiger partial charge in [0.2, 0.25) is 0 Å². The van der Waals surface area contributed by atoms with Crippen LogP contribution in [0.15, 0.2) is 24.3 Å². The first kappa shape index (κ1) is 13.6. The quantitative estimate of drug-likeness (QED) is 0.842. The summed E-state index contributed by atoms with van der Waals surface area (Å²) in [6.07, 6.45) is 5.39. The van der Waals surface area contributed by atoms with Crippen LogP contribution >= 0.6 is 0 Å². The van der Waals surface area contributed by atoms with Gasteiger partial charge in [0.05, 0.1) is 0 Å². The molecular formula is C17H27N. The standard InChI is InChI=1S/C17H27N/c1-14-7-5-8-15(11-14)12-17(9-6-10-17)13-18-16(2,3)4/h5,7-8,11,18H,6,9-10,12-13H2,1-4H3. The molecule has 1 aliphatic carbocycles. The highest BCUT2D eigenvalue weighted by atomic mass is 15.0. The lowest BCUT2D eigenvalue weighted by Crippen LogP contribution is -2.47. The second-order valence-electron chi connectivity index (χ2n) is 7.12. The van der Waals surface area contributed by atoms with Gasteiger partial charge in [0.15, 0.2) is 0 Å². The molecule has 100 valence electrons. The molecule has 1 heteroatoms. The van der Waals surface area contributed by atoms with Gasteiger partial charge in [0.1, 0.15) is 0 Å². The number of nitrogens with one attached hydrogen (secondary N) is 1. The van der Waals surface area contributed by atoms with Crippen molar-refractivity contribution in [3.63, 3.8) is 0 Å². The molecule has 0 radical (unpaired) electrons. The molecule has 0 spiro atoms. The topological polar surface area (TPSA) is 12.0 Å². The predicted octanol–water partition coefficient (Wildman–Crippen LogP) is 4.10. The van der Waals surface area contributed by atoms with Crippen LogP contribution in [0.5, 0.6) is 0 Å². The maximum atomic E-state index is 3.70. The maximum Gasteiger partial charge on any atom is 0.00967 e. The Morgan fingerprint density at radius 1 is 1.22 bits per heavy atom. The van der Waals surface area contributed by atoms with Crippen molar-refractivity contribution in [1.29, 1.82) is 0 Å². The zero-order valence-electron chi connectivity index (χ0n) is 12.3. The molecule has 0 unspecified atom stereocenters. The molecule has 0 saturated heterocycles. The number of rotatable bonds is 4. The lowest BCUT2D eigenvalue weighted by Gasteiger charge is -2.44. The highest BCUT2D eigenvalue weighted by Gasteiger charge is 2.37. The van der Waals surface area contributed by atoms with Gasteiger partial charge in [-0.2, -0.15) is 0 Å². The molecule has 1 saturated carbocycles. The second-order valence-corrected chi connectivity index (χ2v) is 7.12. The molecule has 0 bridgehead atoms. The highest BCUT2D eigenvalue weighted by molar-refractivity contribution is 5.24. The van der Waals surface area contributed by atoms with Gasteiger partial charge in [-0.15, -0.1) is 0 Å². The highest BCUT2D eigenvalue weighted by Crippen LogP contribution is 2.43. The number of benzene rings is 1. The average Bonchev–Trinajstić information content (AvgIpc) is 2.20. The summed E-state index contributed by atoms with van der Waals surface area (Å²) in [6, 6.07) is 9.00. The van der Waals surface area contributed by atoms with Gasteiger partial charge in [0, 0.05) is 12.1 Å². The fraction of sp³-hybridized carbons (Fsp3) is 0.647. The van der Waals surface area contributed by atoms with Crippen molar-refractivity contribution in [2.45, 2.75) is 58.9 Å². The van der Waals surface area contributed by atoms with E-state index in [1.54, 1.807) is 0 Å². The summed E-state index contributed by atoms with van der Waals surface area (Å²) >= 11 is 0. The van der Waals surface area contributed by atoms with Crippen molar-refractivity contribution in [2.24, 2.45) is 5.41 Å². The number of hydrogen-bond donors (Lipinski definition) is 1. The first-order chi connectivity index (χ1) is 8.39. The minimum absolute atomic E-state index is 0.231. The molecule has 1 aliphatic rings. The summed E-state index contributed by atoms with van der Waals surface area (Å²) in [6.45, 7) is 10.1. The van der Waals surface area contributed by atoms with Crippen LogP contribution in [-0.2, 0) is 6.42 Å². The van der Waals surface area contributed by atoms with Crippen molar-refractivity contribution in [1.82, 2.24) is 5.32 Å². The summed E-state index contributed by atoms with van der Waals surface area (Å²) in [5.74, 6) is 0. The van der Waals surface area contributed by atoms with E-state index in [0.717, 1.165) is 6.54 Å². The molecule has 0 heterocycles. The maximum absolute atomic E-state index is 3.70. The van der Waals surface area contributed by atoms with E-state index in [-0.39, 0.29) is 5.54 Å². The third kappa shape index (κ3) is 3.58. The Labute approximate surface area is 112 Å². The van der Waals surface area contributed by atoms with E-state index in [1.807, 2.05) is 0 Å². The summed E-state index contributed by atoms with van der Waals surface area (Å²) in [5.41, 5.74) is 3.63. The van der Waals surface area contributed by atoms with Gasteiger partial charge in [-0.05, 0) is 57.9 Å². The number of hydrogen-bond acceptors (Lipinski definition) is 1. The molecule has 1 N–H and O–H groups in total. The molecule has 1 aromatic rings. The van der Waals surface area contributed by atoms with E-state index in [4.69, 9.17) is 0 Å². The van der Waals surface area contributed by atoms with Crippen LogP contribution in [0.3, 0.4) is 0 Å². The minimum atomic E-state index is 0.231. The van der Waals surface area contributed by atoms with Crippen LogP contribution in [-0.4, -0.2) is 12.1 Å². The Hall–Kier alpha value is -0.820. The zero-order valence-corrected chi connectivity index (χ0v) is 12.3.